The summed E-state index contributed by atoms with van der Waals surface area (Å²) >= 11 is 5.91. The molecule has 0 saturated carbocycles. The van der Waals surface area contributed by atoms with Crippen molar-refractivity contribution in [3.8, 4) is 0 Å². The molecule has 6 heteroatoms. The smallest absolute Gasteiger partial charge is 0.254 e. The van der Waals surface area contributed by atoms with Crippen molar-refractivity contribution in [1.29, 1.82) is 0 Å². The van der Waals surface area contributed by atoms with Gasteiger partial charge >= 0.3 is 0 Å². The van der Waals surface area contributed by atoms with Crippen molar-refractivity contribution in [2.24, 2.45) is 5.73 Å². The maximum atomic E-state index is 12.4. The van der Waals surface area contributed by atoms with Crippen molar-refractivity contribution in [1.82, 2.24) is 9.88 Å². The fourth-order valence-electron chi connectivity index (χ4n) is 1.83. The van der Waals surface area contributed by atoms with Crippen molar-refractivity contribution in [2.75, 3.05) is 13.1 Å². The monoisotopic (exact) mass is 297 g/mol. The lowest BCUT2D eigenvalue weighted by Crippen LogP contribution is -2.39. The number of nitrogens with zero attached hydrogens (tertiary/aromatic N) is 2. The first kappa shape index (κ1) is 16.4. The number of carbonyl (C=O) groups excluding carboxylic acids is 2. The molecule has 1 aromatic rings. The first-order valence-corrected chi connectivity index (χ1v) is 7.09. The van der Waals surface area contributed by atoms with E-state index >= 15 is 0 Å². The maximum absolute atomic E-state index is 12.4. The summed E-state index contributed by atoms with van der Waals surface area (Å²) < 4.78 is 0. The highest BCUT2D eigenvalue weighted by Crippen LogP contribution is 2.14. The number of amides is 2. The van der Waals surface area contributed by atoms with E-state index in [1.165, 1.54) is 11.0 Å². The molecule has 0 aliphatic carbocycles. The summed E-state index contributed by atoms with van der Waals surface area (Å²) in [6.07, 6.45) is 2.43. The number of rotatable bonds is 7. The van der Waals surface area contributed by atoms with Crippen LogP contribution in [0, 0.1) is 0 Å². The molecule has 0 aromatic carbocycles. The molecule has 0 aliphatic rings. The normalized spacial score (nSPS) is 10.3. The van der Waals surface area contributed by atoms with E-state index in [4.69, 9.17) is 17.3 Å². The largest absolute Gasteiger partial charge is 0.368 e. The summed E-state index contributed by atoms with van der Waals surface area (Å²) in [5.41, 5.74) is 6.39. The van der Waals surface area contributed by atoms with E-state index in [1.54, 1.807) is 6.07 Å². The summed E-state index contributed by atoms with van der Waals surface area (Å²) in [6.45, 7) is 4.37. The van der Waals surface area contributed by atoms with E-state index in [1.807, 2.05) is 13.8 Å². The number of unbranched alkanes of at least 4 members (excludes halogenated alkanes) is 1. The lowest BCUT2D eigenvalue weighted by molar-refractivity contribution is -0.118. The number of aryl methyl sites for hydroxylation is 1. The number of nitrogens with two attached hydrogens (primary N) is 1. The molecule has 1 rings (SSSR count). The molecule has 0 atom stereocenters. The van der Waals surface area contributed by atoms with Gasteiger partial charge in [-0.2, -0.15) is 0 Å². The van der Waals surface area contributed by atoms with Crippen molar-refractivity contribution in [3.05, 3.63) is 28.5 Å². The molecule has 0 unspecified atom stereocenters. The molecule has 2 N–H and O–H groups in total. The Hall–Kier alpha value is -1.62. The standard InChI is InChI=1S/C14H20ClN3O2/c1-3-5-6-18(9-13(16)19)14(20)10-7-11(4-2)17-12(15)8-10/h7-8H,3-6,9H2,1-2H3,(H2,16,19). The van der Waals surface area contributed by atoms with Crippen molar-refractivity contribution >= 4 is 23.4 Å². The Balaban J connectivity index is 2.97. The Kier molecular flexibility index (Phi) is 6.45. The third-order valence-electron chi connectivity index (χ3n) is 2.87. The second kappa shape index (κ2) is 7.85. The van der Waals surface area contributed by atoms with Crippen LogP contribution in [0.15, 0.2) is 12.1 Å². The lowest BCUT2D eigenvalue weighted by atomic mass is 10.1. The fraction of sp³-hybridized carbons (Fsp3) is 0.500. The van der Waals surface area contributed by atoms with Crippen LogP contribution in [-0.4, -0.2) is 34.8 Å². The number of halogens is 1. The minimum absolute atomic E-state index is 0.0831. The van der Waals surface area contributed by atoms with Crippen LogP contribution in [0.25, 0.3) is 0 Å². The molecule has 0 aliphatic heterocycles. The Morgan fingerprint density at radius 2 is 2.05 bits per heavy atom. The summed E-state index contributed by atoms with van der Waals surface area (Å²) in [5, 5.41) is 0.280. The molecule has 1 aromatic heterocycles. The van der Waals surface area contributed by atoms with Crippen LogP contribution >= 0.6 is 11.6 Å². The van der Waals surface area contributed by atoms with Gasteiger partial charge in [-0.25, -0.2) is 4.98 Å². The van der Waals surface area contributed by atoms with E-state index in [2.05, 4.69) is 4.98 Å². The molecule has 110 valence electrons. The van der Waals surface area contributed by atoms with Crippen molar-refractivity contribution in [2.45, 2.75) is 33.1 Å². The first-order chi connectivity index (χ1) is 9.47. The first-order valence-electron chi connectivity index (χ1n) is 6.72. The topological polar surface area (TPSA) is 76.3 Å². The van der Waals surface area contributed by atoms with Gasteiger partial charge in [-0.05, 0) is 25.0 Å². The predicted molar refractivity (Wildman–Crippen MR) is 78.6 cm³/mol. The molecular formula is C14H20ClN3O2. The van der Waals surface area contributed by atoms with Gasteiger partial charge in [0.2, 0.25) is 5.91 Å². The van der Waals surface area contributed by atoms with Crippen LogP contribution in [-0.2, 0) is 11.2 Å². The van der Waals surface area contributed by atoms with Gasteiger partial charge in [0.15, 0.2) is 0 Å². The molecule has 0 fully saturated rings. The van der Waals surface area contributed by atoms with Crippen LogP contribution in [0.1, 0.15) is 42.7 Å². The van der Waals surface area contributed by atoms with Gasteiger partial charge < -0.3 is 10.6 Å². The highest BCUT2D eigenvalue weighted by Gasteiger charge is 2.18. The van der Waals surface area contributed by atoms with E-state index in [0.29, 0.717) is 18.5 Å². The van der Waals surface area contributed by atoms with Gasteiger partial charge in [0.05, 0.1) is 6.54 Å². The Morgan fingerprint density at radius 3 is 2.60 bits per heavy atom. The number of carbonyl (C=O) groups is 2. The average Bonchev–Trinajstić information content (AvgIpc) is 2.41. The average molecular weight is 298 g/mol. The molecule has 1 heterocycles. The molecule has 0 spiro atoms. The van der Waals surface area contributed by atoms with E-state index < -0.39 is 5.91 Å². The van der Waals surface area contributed by atoms with Gasteiger partial charge in [-0.15, -0.1) is 0 Å². The Labute approximate surface area is 124 Å². The zero-order valence-corrected chi connectivity index (χ0v) is 12.6. The van der Waals surface area contributed by atoms with Crippen LogP contribution < -0.4 is 5.73 Å². The van der Waals surface area contributed by atoms with E-state index in [9.17, 15) is 9.59 Å². The van der Waals surface area contributed by atoms with Gasteiger partial charge in [-0.1, -0.05) is 31.9 Å². The van der Waals surface area contributed by atoms with Crippen LogP contribution in [0.4, 0.5) is 0 Å². The minimum atomic E-state index is -0.523. The number of primary amides is 1. The Bertz CT molecular complexity index is 491. The summed E-state index contributed by atoms with van der Waals surface area (Å²) in [5.74, 6) is -0.762. The molecular weight excluding hydrogens is 278 g/mol. The number of hydrogen-bond donors (Lipinski definition) is 1. The molecule has 20 heavy (non-hydrogen) atoms. The zero-order chi connectivity index (χ0) is 15.1. The molecule has 2 amide bonds. The second-order valence-electron chi connectivity index (χ2n) is 4.57. The highest BCUT2D eigenvalue weighted by atomic mass is 35.5. The van der Waals surface area contributed by atoms with Gasteiger partial charge in [-0.3, -0.25) is 9.59 Å². The SMILES string of the molecule is CCCCN(CC(N)=O)C(=O)c1cc(Cl)nc(CC)c1. The van der Waals surface area contributed by atoms with E-state index in [0.717, 1.165) is 18.5 Å². The van der Waals surface area contributed by atoms with E-state index in [-0.39, 0.29) is 17.6 Å². The summed E-state index contributed by atoms with van der Waals surface area (Å²) in [6, 6.07) is 3.22. The highest BCUT2D eigenvalue weighted by molar-refractivity contribution is 6.29. The predicted octanol–water partition coefficient (Wildman–Crippen LogP) is 2.02. The molecule has 0 bridgehead atoms. The van der Waals surface area contributed by atoms with Gasteiger partial charge in [0.25, 0.3) is 5.91 Å². The zero-order valence-electron chi connectivity index (χ0n) is 11.9. The minimum Gasteiger partial charge on any atom is -0.368 e. The van der Waals surface area contributed by atoms with Gasteiger partial charge in [0, 0.05) is 17.8 Å². The van der Waals surface area contributed by atoms with Crippen molar-refractivity contribution in [3.63, 3.8) is 0 Å². The quantitative estimate of drug-likeness (QED) is 0.782. The lowest BCUT2D eigenvalue weighted by Gasteiger charge is -2.21. The number of hydrogen-bond acceptors (Lipinski definition) is 3. The third kappa shape index (κ3) is 4.81. The molecule has 0 saturated heterocycles. The fourth-order valence-corrected chi connectivity index (χ4v) is 2.05. The molecule has 0 radical (unpaired) electrons. The Morgan fingerprint density at radius 1 is 1.35 bits per heavy atom. The summed E-state index contributed by atoms with van der Waals surface area (Å²) in [4.78, 5) is 29.1. The third-order valence-corrected chi connectivity index (χ3v) is 3.07. The van der Waals surface area contributed by atoms with Gasteiger partial charge in [0.1, 0.15) is 5.15 Å². The maximum Gasteiger partial charge on any atom is 0.254 e. The summed E-state index contributed by atoms with van der Waals surface area (Å²) in [7, 11) is 0. The van der Waals surface area contributed by atoms with Crippen LogP contribution in [0.3, 0.4) is 0 Å². The van der Waals surface area contributed by atoms with Crippen molar-refractivity contribution < 1.29 is 9.59 Å². The van der Waals surface area contributed by atoms with Crippen LogP contribution in [0.5, 0.6) is 0 Å². The second-order valence-corrected chi connectivity index (χ2v) is 4.96. The number of pyridine rings is 1. The van der Waals surface area contributed by atoms with Crippen LogP contribution in [0.2, 0.25) is 5.15 Å². The number of aromatic nitrogens is 1. The molecule has 5 nitrogen and oxygen atoms in total.